The topological polar surface area (TPSA) is 67.1 Å². The van der Waals surface area contributed by atoms with E-state index in [1.54, 1.807) is 0 Å². The van der Waals surface area contributed by atoms with Gasteiger partial charge < -0.3 is 10.3 Å². The van der Waals surface area contributed by atoms with Gasteiger partial charge in [0.15, 0.2) is 0 Å². The zero-order valence-corrected chi connectivity index (χ0v) is 10.4. The van der Waals surface area contributed by atoms with Gasteiger partial charge in [0, 0.05) is 30.2 Å². The second-order valence-corrected chi connectivity index (χ2v) is 5.48. The normalized spacial score (nSPS) is 20.9. The number of nitrogens with one attached hydrogen (secondary N) is 1. The first-order chi connectivity index (χ1) is 7.69. The molecule has 16 heavy (non-hydrogen) atoms. The number of hydrazine groups is 1. The van der Waals surface area contributed by atoms with E-state index >= 15 is 0 Å². The lowest BCUT2D eigenvalue weighted by Crippen LogP contribution is -2.37. The van der Waals surface area contributed by atoms with Crippen molar-refractivity contribution in [2.24, 2.45) is 5.84 Å². The molecule has 0 amide bonds. The molecular formula is C10H17N5S. The first-order valence-electron chi connectivity index (χ1n) is 5.38. The number of nitrogen functional groups attached to an aromatic ring is 1. The maximum Gasteiger partial charge on any atom is 0.145 e. The Morgan fingerprint density at radius 1 is 1.56 bits per heavy atom. The van der Waals surface area contributed by atoms with E-state index in [9.17, 15) is 0 Å². The number of nitrogens with zero attached hydrogens (tertiary/aromatic N) is 3. The fraction of sp³-hybridized carbons (Fsp3) is 0.600. The third-order valence-electron chi connectivity index (χ3n) is 2.54. The number of anilines is 2. The van der Waals surface area contributed by atoms with Crippen LogP contribution in [0.4, 0.5) is 11.6 Å². The van der Waals surface area contributed by atoms with Crippen LogP contribution < -0.4 is 16.2 Å². The molecule has 6 heteroatoms. The van der Waals surface area contributed by atoms with E-state index in [-0.39, 0.29) is 0 Å². The highest BCUT2D eigenvalue weighted by Crippen LogP contribution is 2.23. The molecule has 1 atom stereocenters. The minimum atomic E-state index is 0.651. The summed E-state index contributed by atoms with van der Waals surface area (Å²) in [6.45, 7) is 6.19. The van der Waals surface area contributed by atoms with Crippen molar-refractivity contribution >= 4 is 23.4 Å². The van der Waals surface area contributed by atoms with Crippen LogP contribution in [-0.4, -0.2) is 34.1 Å². The highest BCUT2D eigenvalue weighted by molar-refractivity contribution is 8.00. The standard InChI is InChI=1S/C10H17N5S/c1-7-6-15(3-4-16-7)10-5-9(14-11)12-8(2)13-10/h5,7H,3-4,6,11H2,1-2H3,(H,12,13,14). The molecule has 0 bridgehead atoms. The number of hydrogen-bond acceptors (Lipinski definition) is 6. The third-order valence-corrected chi connectivity index (χ3v) is 3.67. The van der Waals surface area contributed by atoms with Gasteiger partial charge in [-0.3, -0.25) is 0 Å². The van der Waals surface area contributed by atoms with Gasteiger partial charge in [0.1, 0.15) is 17.5 Å². The molecule has 0 radical (unpaired) electrons. The number of thioether (sulfide) groups is 1. The average Bonchev–Trinajstić information content (AvgIpc) is 2.28. The van der Waals surface area contributed by atoms with Crippen LogP contribution in [0.3, 0.4) is 0 Å². The predicted octanol–water partition coefficient (Wildman–Crippen LogP) is 1.01. The molecule has 2 rings (SSSR count). The molecule has 1 saturated heterocycles. The molecule has 0 spiro atoms. The maximum absolute atomic E-state index is 5.38. The van der Waals surface area contributed by atoms with Crippen molar-refractivity contribution in [1.82, 2.24) is 9.97 Å². The van der Waals surface area contributed by atoms with Crippen LogP contribution in [-0.2, 0) is 0 Å². The largest absolute Gasteiger partial charge is 0.355 e. The lowest BCUT2D eigenvalue weighted by atomic mass is 10.3. The molecule has 0 aliphatic carbocycles. The molecule has 1 aromatic rings. The fourth-order valence-electron chi connectivity index (χ4n) is 1.81. The summed E-state index contributed by atoms with van der Waals surface area (Å²) in [4.78, 5) is 10.9. The Bertz CT molecular complexity index is 370. The average molecular weight is 239 g/mol. The van der Waals surface area contributed by atoms with E-state index in [1.807, 2.05) is 24.8 Å². The monoisotopic (exact) mass is 239 g/mol. The van der Waals surface area contributed by atoms with Crippen LogP contribution in [0.15, 0.2) is 6.07 Å². The van der Waals surface area contributed by atoms with Crippen LogP contribution in [0.1, 0.15) is 12.7 Å². The molecule has 5 nitrogen and oxygen atoms in total. The quantitative estimate of drug-likeness (QED) is 0.593. The Morgan fingerprint density at radius 3 is 3.06 bits per heavy atom. The van der Waals surface area contributed by atoms with Gasteiger partial charge in [0.2, 0.25) is 0 Å². The van der Waals surface area contributed by atoms with Crippen LogP contribution in [0.25, 0.3) is 0 Å². The number of aromatic nitrogens is 2. The lowest BCUT2D eigenvalue weighted by Gasteiger charge is -2.31. The first-order valence-corrected chi connectivity index (χ1v) is 6.43. The molecule has 0 saturated carbocycles. The van der Waals surface area contributed by atoms with Gasteiger partial charge in [-0.15, -0.1) is 0 Å². The van der Waals surface area contributed by atoms with E-state index < -0.39 is 0 Å². The molecule has 88 valence electrons. The van der Waals surface area contributed by atoms with E-state index in [4.69, 9.17) is 5.84 Å². The van der Waals surface area contributed by atoms with Gasteiger partial charge >= 0.3 is 0 Å². The Kier molecular flexibility index (Phi) is 3.50. The van der Waals surface area contributed by atoms with Crippen molar-refractivity contribution in [3.63, 3.8) is 0 Å². The van der Waals surface area contributed by atoms with Crippen molar-refractivity contribution < 1.29 is 0 Å². The van der Waals surface area contributed by atoms with Crippen molar-refractivity contribution in [1.29, 1.82) is 0 Å². The van der Waals surface area contributed by atoms with Crippen molar-refractivity contribution in [2.75, 3.05) is 29.2 Å². The number of hydrogen-bond donors (Lipinski definition) is 2. The molecule has 0 aromatic carbocycles. The Hall–Kier alpha value is -1.01. The minimum Gasteiger partial charge on any atom is -0.355 e. The summed E-state index contributed by atoms with van der Waals surface area (Å²) in [6.07, 6.45) is 0. The van der Waals surface area contributed by atoms with Gasteiger partial charge in [-0.1, -0.05) is 6.92 Å². The van der Waals surface area contributed by atoms with E-state index in [0.29, 0.717) is 11.1 Å². The molecule has 1 aliphatic rings. The SMILES string of the molecule is Cc1nc(NN)cc(N2CCSC(C)C2)n1. The zero-order valence-electron chi connectivity index (χ0n) is 9.60. The summed E-state index contributed by atoms with van der Waals surface area (Å²) >= 11 is 2.01. The van der Waals surface area contributed by atoms with E-state index in [0.717, 1.165) is 30.5 Å². The first kappa shape index (κ1) is 11.5. The van der Waals surface area contributed by atoms with Crippen molar-refractivity contribution in [2.45, 2.75) is 19.1 Å². The summed E-state index contributed by atoms with van der Waals surface area (Å²) in [5.41, 5.74) is 2.58. The maximum atomic E-state index is 5.38. The fourth-order valence-corrected chi connectivity index (χ4v) is 2.83. The number of nitrogens with two attached hydrogens (primary N) is 1. The van der Waals surface area contributed by atoms with Crippen LogP contribution >= 0.6 is 11.8 Å². The van der Waals surface area contributed by atoms with Crippen molar-refractivity contribution in [3.05, 3.63) is 11.9 Å². The van der Waals surface area contributed by atoms with E-state index in [1.165, 1.54) is 0 Å². The van der Waals surface area contributed by atoms with Gasteiger partial charge in [-0.2, -0.15) is 11.8 Å². The second kappa shape index (κ2) is 4.88. The molecule has 1 aliphatic heterocycles. The van der Waals surface area contributed by atoms with Crippen LogP contribution in [0.5, 0.6) is 0 Å². The molecule has 1 aromatic heterocycles. The van der Waals surface area contributed by atoms with Gasteiger partial charge in [0.25, 0.3) is 0 Å². The molecule has 3 N–H and O–H groups in total. The molecule has 1 unspecified atom stereocenters. The van der Waals surface area contributed by atoms with Gasteiger partial charge in [-0.25, -0.2) is 15.8 Å². The Balaban J connectivity index is 2.21. The predicted molar refractivity (Wildman–Crippen MR) is 68.7 cm³/mol. The Morgan fingerprint density at radius 2 is 2.38 bits per heavy atom. The van der Waals surface area contributed by atoms with Crippen molar-refractivity contribution in [3.8, 4) is 0 Å². The van der Waals surface area contributed by atoms with Gasteiger partial charge in [0.05, 0.1) is 0 Å². The van der Waals surface area contributed by atoms with E-state index in [2.05, 4.69) is 27.2 Å². The van der Waals surface area contributed by atoms with Gasteiger partial charge in [-0.05, 0) is 6.92 Å². The van der Waals surface area contributed by atoms with Crippen LogP contribution in [0.2, 0.25) is 0 Å². The molecule has 2 heterocycles. The highest BCUT2D eigenvalue weighted by atomic mass is 32.2. The second-order valence-electron chi connectivity index (χ2n) is 3.93. The minimum absolute atomic E-state index is 0.651. The highest BCUT2D eigenvalue weighted by Gasteiger charge is 2.18. The third kappa shape index (κ3) is 2.56. The smallest absolute Gasteiger partial charge is 0.145 e. The molecule has 1 fully saturated rings. The van der Waals surface area contributed by atoms with Crippen LogP contribution in [0, 0.1) is 6.92 Å². The molecular weight excluding hydrogens is 222 g/mol. The number of rotatable bonds is 2. The number of aryl methyl sites for hydroxylation is 1. The summed E-state index contributed by atoms with van der Waals surface area (Å²) in [6, 6.07) is 1.90. The summed E-state index contributed by atoms with van der Waals surface area (Å²) in [7, 11) is 0. The Labute approximate surface area is 99.8 Å². The summed E-state index contributed by atoms with van der Waals surface area (Å²) in [5.74, 6) is 8.92. The summed E-state index contributed by atoms with van der Waals surface area (Å²) < 4.78 is 0. The lowest BCUT2D eigenvalue weighted by molar-refractivity contribution is 0.765. The summed E-state index contributed by atoms with van der Waals surface area (Å²) in [5, 5.41) is 0.651. The zero-order chi connectivity index (χ0) is 11.5.